The van der Waals surface area contributed by atoms with Crippen LogP contribution in [0.5, 0.6) is 0 Å². The molecule has 0 bridgehead atoms. The number of thioether (sulfide) groups is 1. The Morgan fingerprint density at radius 1 is 1.00 bits per heavy atom. The van der Waals surface area contributed by atoms with Gasteiger partial charge in [0.25, 0.3) is 0 Å². The molecular weight excluding hydrogens is 413 g/mol. The average molecular weight is 430 g/mol. The summed E-state index contributed by atoms with van der Waals surface area (Å²) in [7, 11) is 0. The molecule has 1 aromatic heterocycles. The highest BCUT2D eigenvalue weighted by molar-refractivity contribution is 8.00. The fourth-order valence-corrected chi connectivity index (χ4v) is 3.62. The van der Waals surface area contributed by atoms with Crippen LogP contribution < -0.4 is 5.32 Å². The van der Waals surface area contributed by atoms with Crippen LogP contribution in [0.2, 0.25) is 0 Å². The molecule has 0 radical (unpaired) electrons. The Morgan fingerprint density at radius 3 is 2.33 bits per heavy atom. The molecule has 0 aliphatic heterocycles. The van der Waals surface area contributed by atoms with Gasteiger partial charge in [0, 0.05) is 17.4 Å². The lowest BCUT2D eigenvalue weighted by atomic mass is 10.1. The van der Waals surface area contributed by atoms with Crippen molar-refractivity contribution in [2.75, 3.05) is 5.32 Å². The molecule has 2 aromatic carbocycles. The van der Waals surface area contributed by atoms with Crippen LogP contribution in [0.4, 0.5) is 18.9 Å². The number of Topliss-reactive ketones (excluding diaryl/α,β-unsaturated/α-hetero) is 1. The molecule has 1 heterocycles. The lowest BCUT2D eigenvalue weighted by Gasteiger charge is -2.17. The Balaban J connectivity index is 1.85. The van der Waals surface area contributed by atoms with Gasteiger partial charge in [-0.3, -0.25) is 9.59 Å². The van der Waals surface area contributed by atoms with E-state index >= 15 is 0 Å². The zero-order chi connectivity index (χ0) is 21.7. The highest BCUT2D eigenvalue weighted by Crippen LogP contribution is 2.36. The maximum Gasteiger partial charge on any atom is 0.417 e. The first-order valence-corrected chi connectivity index (χ1v) is 9.79. The van der Waals surface area contributed by atoms with Crippen molar-refractivity contribution in [3.63, 3.8) is 0 Å². The molecule has 0 fully saturated rings. The van der Waals surface area contributed by atoms with Crippen molar-refractivity contribution < 1.29 is 22.8 Å². The highest BCUT2D eigenvalue weighted by Gasteiger charge is 2.31. The Labute approximate surface area is 175 Å². The lowest BCUT2D eigenvalue weighted by molar-refractivity contribution is -0.137. The van der Waals surface area contributed by atoms with Crippen molar-refractivity contribution in [1.29, 1.82) is 0 Å². The summed E-state index contributed by atoms with van der Waals surface area (Å²) in [5, 5.41) is 2.30. The summed E-state index contributed by atoms with van der Waals surface area (Å²) in [5.74, 6) is -0.511. The number of alkyl halides is 3. The second-order valence-corrected chi connectivity index (χ2v) is 7.54. The van der Waals surface area contributed by atoms with Gasteiger partial charge in [-0.15, -0.1) is 0 Å². The minimum absolute atomic E-state index is 0.131. The van der Waals surface area contributed by atoms with Gasteiger partial charge in [0.1, 0.15) is 5.25 Å². The predicted molar refractivity (Wildman–Crippen MR) is 109 cm³/mol. The van der Waals surface area contributed by atoms with E-state index in [0.717, 1.165) is 24.0 Å². The van der Waals surface area contributed by atoms with Crippen LogP contribution in [-0.2, 0) is 11.0 Å². The number of ketones is 1. The van der Waals surface area contributed by atoms with E-state index in [0.29, 0.717) is 16.8 Å². The molecular formula is C22H17F3N2O2S. The molecule has 30 heavy (non-hydrogen) atoms. The van der Waals surface area contributed by atoms with Crippen molar-refractivity contribution in [3.8, 4) is 0 Å². The minimum atomic E-state index is -4.48. The molecule has 0 aliphatic carbocycles. The molecule has 0 aliphatic rings. The first-order chi connectivity index (χ1) is 14.2. The number of aromatic nitrogens is 1. The van der Waals surface area contributed by atoms with E-state index in [1.807, 2.05) is 0 Å². The molecule has 0 saturated heterocycles. The zero-order valence-corrected chi connectivity index (χ0v) is 16.6. The zero-order valence-electron chi connectivity index (χ0n) is 15.8. The maximum absolute atomic E-state index is 13.0. The van der Waals surface area contributed by atoms with Crippen LogP contribution in [0, 0.1) is 0 Å². The van der Waals surface area contributed by atoms with Gasteiger partial charge in [0.2, 0.25) is 5.91 Å². The smallest absolute Gasteiger partial charge is 0.325 e. The molecule has 154 valence electrons. The second-order valence-electron chi connectivity index (χ2n) is 6.42. The van der Waals surface area contributed by atoms with Crippen molar-refractivity contribution in [2.24, 2.45) is 0 Å². The van der Waals surface area contributed by atoms with Gasteiger partial charge < -0.3 is 5.32 Å². The summed E-state index contributed by atoms with van der Waals surface area (Å²) in [6, 6.07) is 17.6. The van der Waals surface area contributed by atoms with E-state index in [-0.39, 0.29) is 16.7 Å². The number of rotatable bonds is 6. The topological polar surface area (TPSA) is 59.1 Å². The van der Waals surface area contributed by atoms with Crippen LogP contribution in [0.1, 0.15) is 33.7 Å². The maximum atomic E-state index is 13.0. The predicted octanol–water partition coefficient (Wildman–Crippen LogP) is 5.78. The summed E-state index contributed by atoms with van der Waals surface area (Å²) >= 11 is 1.04. The van der Waals surface area contributed by atoms with E-state index in [4.69, 9.17) is 0 Å². The van der Waals surface area contributed by atoms with Gasteiger partial charge in [0.05, 0.1) is 10.6 Å². The normalized spacial score (nSPS) is 12.3. The molecule has 0 unspecified atom stereocenters. The molecule has 1 N–H and O–H groups in total. The number of amides is 1. The molecule has 3 aromatic rings. The Kier molecular flexibility index (Phi) is 6.56. The molecule has 0 saturated carbocycles. The number of anilines is 1. The lowest BCUT2D eigenvalue weighted by Crippen LogP contribution is -2.19. The quantitative estimate of drug-likeness (QED) is 0.398. The number of pyridine rings is 1. The summed E-state index contributed by atoms with van der Waals surface area (Å²) in [5.41, 5.74) is 0.730. The number of carbonyl (C=O) groups is 2. The average Bonchev–Trinajstić information content (AvgIpc) is 2.72. The highest BCUT2D eigenvalue weighted by atomic mass is 32.2. The first-order valence-electron chi connectivity index (χ1n) is 8.91. The third-order valence-electron chi connectivity index (χ3n) is 4.18. The van der Waals surface area contributed by atoms with Crippen molar-refractivity contribution in [1.82, 2.24) is 4.98 Å². The number of nitrogens with zero attached hydrogens (tertiary/aromatic N) is 1. The Morgan fingerprint density at radius 2 is 1.73 bits per heavy atom. The molecule has 3 rings (SSSR count). The largest absolute Gasteiger partial charge is 0.417 e. The molecule has 0 spiro atoms. The van der Waals surface area contributed by atoms with Gasteiger partial charge in [-0.25, -0.2) is 4.98 Å². The van der Waals surface area contributed by atoms with Gasteiger partial charge in [-0.1, -0.05) is 54.2 Å². The number of hydrogen-bond donors (Lipinski definition) is 1. The van der Waals surface area contributed by atoms with Crippen LogP contribution in [0.3, 0.4) is 0 Å². The minimum Gasteiger partial charge on any atom is -0.325 e. The summed E-state index contributed by atoms with van der Waals surface area (Å²) in [6.07, 6.45) is -3.73. The van der Waals surface area contributed by atoms with Crippen LogP contribution in [0.25, 0.3) is 0 Å². The summed E-state index contributed by atoms with van der Waals surface area (Å²) < 4.78 is 38.3. The second kappa shape index (κ2) is 9.13. The van der Waals surface area contributed by atoms with Gasteiger partial charge in [-0.05, 0) is 36.8 Å². The van der Waals surface area contributed by atoms with E-state index in [9.17, 15) is 22.8 Å². The third kappa shape index (κ3) is 5.48. The SMILES string of the molecule is CC(=O)c1cccc(NC(=O)[C@H](Sc2ccc(C(F)(F)F)cn2)c2ccccc2)c1. The number of hydrogen-bond acceptors (Lipinski definition) is 4. The summed E-state index contributed by atoms with van der Waals surface area (Å²) in [4.78, 5) is 28.4. The number of halogens is 3. The monoisotopic (exact) mass is 430 g/mol. The van der Waals surface area contributed by atoms with Crippen molar-refractivity contribution in [2.45, 2.75) is 23.4 Å². The van der Waals surface area contributed by atoms with Gasteiger partial charge in [0.15, 0.2) is 5.78 Å². The standard InChI is InChI=1S/C22H17F3N2O2S/c1-14(28)16-8-5-9-18(12-16)27-21(29)20(15-6-3-2-4-7-15)30-19-11-10-17(13-26-19)22(23,24)25/h2-13,20H,1H3,(H,27,29)/t20-/m1/s1. The van der Waals surface area contributed by atoms with Gasteiger partial charge in [-0.2, -0.15) is 13.2 Å². The van der Waals surface area contributed by atoms with Crippen molar-refractivity contribution in [3.05, 3.63) is 89.6 Å². The van der Waals surface area contributed by atoms with Gasteiger partial charge >= 0.3 is 6.18 Å². The molecule has 8 heteroatoms. The van der Waals surface area contributed by atoms with E-state index < -0.39 is 17.0 Å². The molecule has 1 atom stereocenters. The Bertz CT molecular complexity index is 1040. The number of carbonyl (C=O) groups excluding carboxylic acids is 2. The van der Waals surface area contributed by atoms with E-state index in [1.165, 1.54) is 13.0 Å². The van der Waals surface area contributed by atoms with Crippen molar-refractivity contribution >= 4 is 29.1 Å². The third-order valence-corrected chi connectivity index (χ3v) is 5.38. The first kappa shape index (κ1) is 21.6. The number of nitrogens with one attached hydrogen (secondary N) is 1. The molecule has 1 amide bonds. The van der Waals surface area contributed by atoms with Crippen LogP contribution >= 0.6 is 11.8 Å². The van der Waals surface area contributed by atoms with Crippen LogP contribution in [0.15, 0.2) is 78.0 Å². The fraction of sp³-hybridized carbons (Fsp3) is 0.136. The fourth-order valence-electron chi connectivity index (χ4n) is 2.66. The number of benzene rings is 2. The summed E-state index contributed by atoms with van der Waals surface area (Å²) in [6.45, 7) is 1.43. The Hall–Kier alpha value is -3.13. The van der Waals surface area contributed by atoms with E-state index in [2.05, 4.69) is 10.3 Å². The van der Waals surface area contributed by atoms with E-state index in [1.54, 1.807) is 54.6 Å². The molecule has 4 nitrogen and oxygen atoms in total. The van der Waals surface area contributed by atoms with Crippen LogP contribution in [-0.4, -0.2) is 16.7 Å².